The second-order valence-electron chi connectivity index (χ2n) is 7.69. The van der Waals surface area contributed by atoms with Crippen molar-refractivity contribution < 1.29 is 17.9 Å². The van der Waals surface area contributed by atoms with Crippen LogP contribution in [0.5, 0.6) is 0 Å². The number of nitrogens with zero attached hydrogens (tertiary/aromatic N) is 4. The number of piperazine rings is 1. The van der Waals surface area contributed by atoms with E-state index in [2.05, 4.69) is 27.0 Å². The summed E-state index contributed by atoms with van der Waals surface area (Å²) in [6.45, 7) is 5.94. The number of hydrogen-bond acceptors (Lipinski definition) is 7. The molecule has 0 bridgehead atoms. The van der Waals surface area contributed by atoms with Gasteiger partial charge in [0.05, 0.1) is 11.4 Å². The molecule has 1 aromatic carbocycles. The molecule has 4 rings (SSSR count). The van der Waals surface area contributed by atoms with Crippen LogP contribution in [-0.4, -0.2) is 66.6 Å². The van der Waals surface area contributed by atoms with E-state index in [0.717, 1.165) is 25.9 Å². The molecule has 1 N–H and O–H groups in total. The van der Waals surface area contributed by atoms with Crippen LogP contribution >= 0.6 is 36.2 Å². The fraction of sp³-hybridized carbons (Fsp3) is 0.524. The van der Waals surface area contributed by atoms with Gasteiger partial charge in [-0.05, 0) is 31.5 Å². The summed E-state index contributed by atoms with van der Waals surface area (Å²) in [4.78, 5) is 13.3. The lowest BCUT2D eigenvalue weighted by Crippen LogP contribution is -2.55. The standard InChI is InChI=1S/C21H26F3N5OS.2ClH/c1-3-9-28-10-11-29(13-14(28)8-12-30-2)18-17-19(31-20(27-17)21(22,23)24)26-16-7-5-4-6-15(16)25-18;;/h4-7,14,26H,3,8-13H2,1-2H3;2*1H. The number of halogens is 5. The van der Waals surface area contributed by atoms with E-state index in [0.29, 0.717) is 53.2 Å². The lowest BCUT2D eigenvalue weighted by Gasteiger charge is -2.42. The van der Waals surface area contributed by atoms with Crippen molar-refractivity contribution in [2.24, 2.45) is 4.99 Å². The topological polar surface area (TPSA) is 53.0 Å². The number of methoxy groups -OCH3 is 1. The summed E-state index contributed by atoms with van der Waals surface area (Å²) in [5.74, 6) is 0.498. The van der Waals surface area contributed by atoms with Gasteiger partial charge in [0.1, 0.15) is 10.7 Å². The number of aliphatic imine (C=N–C) groups is 1. The second kappa shape index (κ2) is 11.7. The van der Waals surface area contributed by atoms with Crippen LogP contribution in [0, 0.1) is 0 Å². The SMILES string of the molecule is CCCN1CCN(C2=Nc3ccccc3Nc3sc(C(F)(F)F)nc32)CC1CCOC.Cl.Cl. The van der Waals surface area contributed by atoms with Gasteiger partial charge in [0.2, 0.25) is 5.01 Å². The Labute approximate surface area is 208 Å². The summed E-state index contributed by atoms with van der Waals surface area (Å²) in [7, 11) is 1.68. The summed E-state index contributed by atoms with van der Waals surface area (Å²) in [6, 6.07) is 7.63. The molecule has 1 saturated heterocycles. The normalized spacial score (nSPS) is 18.2. The lowest BCUT2D eigenvalue weighted by atomic mass is 10.1. The van der Waals surface area contributed by atoms with Gasteiger partial charge in [-0.3, -0.25) is 4.90 Å². The van der Waals surface area contributed by atoms with Crippen molar-refractivity contribution in [3.63, 3.8) is 0 Å². The summed E-state index contributed by atoms with van der Waals surface area (Å²) in [5.41, 5.74) is 1.64. The molecule has 33 heavy (non-hydrogen) atoms. The molecule has 1 unspecified atom stereocenters. The van der Waals surface area contributed by atoms with Crippen LogP contribution in [0.25, 0.3) is 0 Å². The third-order valence-corrected chi connectivity index (χ3v) is 6.55. The zero-order valence-corrected chi connectivity index (χ0v) is 20.8. The predicted molar refractivity (Wildman–Crippen MR) is 131 cm³/mol. The van der Waals surface area contributed by atoms with Crippen LogP contribution in [0.15, 0.2) is 29.3 Å². The van der Waals surface area contributed by atoms with E-state index in [9.17, 15) is 13.2 Å². The maximum Gasteiger partial charge on any atom is 0.443 e. The monoisotopic (exact) mass is 525 g/mol. The fourth-order valence-corrected chi connectivity index (χ4v) is 4.90. The first-order valence-corrected chi connectivity index (χ1v) is 11.2. The first-order chi connectivity index (χ1) is 14.9. The third kappa shape index (κ3) is 6.10. The van der Waals surface area contributed by atoms with Crippen LogP contribution in [0.3, 0.4) is 0 Å². The number of nitrogens with one attached hydrogen (secondary N) is 1. The highest BCUT2D eigenvalue weighted by atomic mass is 35.5. The van der Waals surface area contributed by atoms with E-state index >= 15 is 0 Å². The van der Waals surface area contributed by atoms with E-state index in [4.69, 9.17) is 9.73 Å². The molecule has 0 radical (unpaired) electrons. The molecule has 0 spiro atoms. The maximum atomic E-state index is 13.4. The van der Waals surface area contributed by atoms with Gasteiger partial charge in [-0.1, -0.05) is 30.4 Å². The maximum absolute atomic E-state index is 13.4. The van der Waals surface area contributed by atoms with Crippen LogP contribution in [-0.2, 0) is 10.9 Å². The van der Waals surface area contributed by atoms with Gasteiger partial charge >= 0.3 is 6.18 Å². The van der Waals surface area contributed by atoms with E-state index in [-0.39, 0.29) is 36.5 Å². The van der Waals surface area contributed by atoms with Crippen LogP contribution in [0.2, 0.25) is 0 Å². The zero-order valence-electron chi connectivity index (χ0n) is 18.4. The van der Waals surface area contributed by atoms with Crippen molar-refractivity contribution in [3.05, 3.63) is 35.0 Å². The number of ether oxygens (including phenoxy) is 1. The summed E-state index contributed by atoms with van der Waals surface area (Å²) in [6.07, 6.45) is -2.59. The minimum atomic E-state index is -4.50. The van der Waals surface area contributed by atoms with Crippen molar-refractivity contribution in [1.29, 1.82) is 0 Å². The Balaban J connectivity index is 0.00000193. The van der Waals surface area contributed by atoms with E-state index in [1.165, 1.54) is 0 Å². The quantitative estimate of drug-likeness (QED) is 0.552. The van der Waals surface area contributed by atoms with Gasteiger partial charge in [-0.2, -0.15) is 13.2 Å². The molecule has 1 aromatic heterocycles. The molecule has 0 aliphatic carbocycles. The number of thiazole rings is 1. The summed E-state index contributed by atoms with van der Waals surface area (Å²) < 4.78 is 45.6. The van der Waals surface area contributed by atoms with E-state index in [1.807, 2.05) is 24.3 Å². The van der Waals surface area contributed by atoms with Gasteiger partial charge in [0, 0.05) is 39.4 Å². The Morgan fingerprint density at radius 3 is 2.67 bits per heavy atom. The first-order valence-electron chi connectivity index (χ1n) is 10.4. The summed E-state index contributed by atoms with van der Waals surface area (Å²) in [5, 5.41) is 2.64. The number of fused-ring (bicyclic) bond motifs is 2. The zero-order chi connectivity index (χ0) is 22.0. The molecule has 0 amide bonds. The van der Waals surface area contributed by atoms with Gasteiger partial charge < -0.3 is 15.0 Å². The fourth-order valence-electron chi connectivity index (χ4n) is 4.06. The lowest BCUT2D eigenvalue weighted by molar-refractivity contribution is -0.137. The Morgan fingerprint density at radius 2 is 1.97 bits per heavy atom. The number of anilines is 2. The smallest absolute Gasteiger partial charge is 0.385 e. The number of amidine groups is 1. The number of aromatic nitrogens is 1. The average molecular weight is 526 g/mol. The van der Waals surface area contributed by atoms with Crippen LogP contribution in [0.1, 0.15) is 30.5 Å². The molecular weight excluding hydrogens is 498 g/mol. The Hall–Kier alpha value is -1.59. The highest BCUT2D eigenvalue weighted by Crippen LogP contribution is 2.42. The number of rotatable bonds is 5. The molecule has 3 heterocycles. The molecule has 12 heteroatoms. The van der Waals surface area contributed by atoms with Crippen molar-refractivity contribution in [2.45, 2.75) is 32.0 Å². The molecule has 6 nitrogen and oxygen atoms in total. The highest BCUT2D eigenvalue weighted by molar-refractivity contribution is 7.16. The molecular formula is C21H28Cl2F3N5OS. The Morgan fingerprint density at radius 1 is 1.21 bits per heavy atom. The number of alkyl halides is 3. The van der Waals surface area contributed by atoms with Crippen molar-refractivity contribution >= 4 is 58.4 Å². The van der Waals surface area contributed by atoms with Gasteiger partial charge in [-0.25, -0.2) is 9.98 Å². The summed E-state index contributed by atoms with van der Waals surface area (Å²) >= 11 is 0.625. The first kappa shape index (κ1) is 27.7. The third-order valence-electron chi connectivity index (χ3n) is 5.53. The molecule has 2 aliphatic heterocycles. The number of hydrogen-bond donors (Lipinski definition) is 1. The van der Waals surface area contributed by atoms with Gasteiger partial charge in [-0.15, -0.1) is 24.8 Å². The second-order valence-corrected chi connectivity index (χ2v) is 8.69. The molecule has 1 fully saturated rings. The minimum absolute atomic E-state index is 0. The molecule has 184 valence electrons. The van der Waals surface area contributed by atoms with Gasteiger partial charge in [0.25, 0.3) is 0 Å². The molecule has 0 saturated carbocycles. The molecule has 2 aliphatic rings. The number of benzene rings is 1. The molecule has 2 aromatic rings. The number of para-hydroxylation sites is 2. The van der Waals surface area contributed by atoms with Crippen LogP contribution in [0.4, 0.5) is 29.5 Å². The largest absolute Gasteiger partial charge is 0.443 e. The van der Waals surface area contributed by atoms with Crippen LogP contribution < -0.4 is 5.32 Å². The van der Waals surface area contributed by atoms with Crippen molar-refractivity contribution in [2.75, 3.05) is 45.2 Å². The van der Waals surface area contributed by atoms with E-state index < -0.39 is 11.2 Å². The highest BCUT2D eigenvalue weighted by Gasteiger charge is 2.39. The Bertz CT molecular complexity index is 956. The molecule has 1 atom stereocenters. The van der Waals surface area contributed by atoms with Crippen molar-refractivity contribution in [3.8, 4) is 0 Å². The van der Waals surface area contributed by atoms with Crippen molar-refractivity contribution in [1.82, 2.24) is 14.8 Å². The average Bonchev–Trinajstić information content (AvgIpc) is 3.10. The Kier molecular flexibility index (Phi) is 9.81. The van der Waals surface area contributed by atoms with Gasteiger partial charge in [0.15, 0.2) is 5.84 Å². The predicted octanol–water partition coefficient (Wildman–Crippen LogP) is 5.57. The minimum Gasteiger partial charge on any atom is -0.385 e. The van der Waals surface area contributed by atoms with E-state index in [1.54, 1.807) is 7.11 Å².